The number of hydrazone groups is 1. The second kappa shape index (κ2) is 8.79. The van der Waals surface area contributed by atoms with Crippen LogP contribution in [0.25, 0.3) is 11.3 Å². The Labute approximate surface area is 172 Å². The summed E-state index contributed by atoms with van der Waals surface area (Å²) in [5.74, 6) is 1.13. The number of aromatic nitrogens is 2. The highest BCUT2D eigenvalue weighted by atomic mass is 16.5. The van der Waals surface area contributed by atoms with Crippen molar-refractivity contribution >= 4 is 12.2 Å². The summed E-state index contributed by atoms with van der Waals surface area (Å²) in [5, 5.41) is 23.2. The number of anilines is 1. The van der Waals surface area contributed by atoms with Crippen LogP contribution < -0.4 is 20.5 Å². The van der Waals surface area contributed by atoms with Gasteiger partial charge in [0.25, 0.3) is 5.56 Å². The van der Waals surface area contributed by atoms with E-state index >= 15 is 0 Å². The number of nitrogens with one attached hydrogen (secondary N) is 1. The van der Waals surface area contributed by atoms with E-state index in [0.29, 0.717) is 22.6 Å². The largest absolute Gasteiger partial charge is 0.504 e. The molecular formula is C21H19N5O4. The molecule has 0 fully saturated rings. The van der Waals surface area contributed by atoms with Gasteiger partial charge in [-0.15, -0.1) is 0 Å². The Kier molecular flexibility index (Phi) is 5.98. The number of hydrogen-bond acceptors (Lipinski definition) is 8. The minimum absolute atomic E-state index is 0.0166. The van der Waals surface area contributed by atoms with Crippen molar-refractivity contribution in [3.05, 3.63) is 63.9 Å². The molecule has 3 rings (SSSR count). The molecule has 0 saturated heterocycles. The van der Waals surface area contributed by atoms with Crippen LogP contribution in [0.15, 0.2) is 52.4 Å². The number of methoxy groups -OCH3 is 2. The van der Waals surface area contributed by atoms with Gasteiger partial charge in [-0.1, -0.05) is 0 Å². The van der Waals surface area contributed by atoms with E-state index in [0.717, 1.165) is 0 Å². The molecule has 0 amide bonds. The molecule has 0 spiro atoms. The molecule has 0 saturated carbocycles. The van der Waals surface area contributed by atoms with Gasteiger partial charge in [0.1, 0.15) is 17.4 Å². The lowest BCUT2D eigenvalue weighted by molar-refractivity contribution is 0.373. The lowest BCUT2D eigenvalue weighted by Gasteiger charge is -2.11. The van der Waals surface area contributed by atoms with Gasteiger partial charge in [0, 0.05) is 12.6 Å². The van der Waals surface area contributed by atoms with Gasteiger partial charge in [0.2, 0.25) is 5.95 Å². The van der Waals surface area contributed by atoms with E-state index in [4.69, 9.17) is 9.47 Å². The molecule has 0 bridgehead atoms. The van der Waals surface area contributed by atoms with Crippen LogP contribution in [0.2, 0.25) is 0 Å². The van der Waals surface area contributed by atoms with Crippen LogP contribution in [0, 0.1) is 11.3 Å². The van der Waals surface area contributed by atoms with Crippen molar-refractivity contribution in [2.75, 3.05) is 19.6 Å². The SMILES string of the molecule is COc1ccc(-c2nc(N/N=C/c3ccc(O)c(OC)c3)n(C)c(=O)c2C#N)cc1. The summed E-state index contributed by atoms with van der Waals surface area (Å²) in [6, 6.07) is 13.5. The number of nitrogens with zero attached hydrogens (tertiary/aromatic N) is 4. The number of phenolic OH excluding ortho intramolecular Hbond substituents is 1. The molecule has 0 atom stereocenters. The first-order valence-corrected chi connectivity index (χ1v) is 8.80. The lowest BCUT2D eigenvalue weighted by atomic mass is 10.1. The summed E-state index contributed by atoms with van der Waals surface area (Å²) in [7, 11) is 4.50. The first-order chi connectivity index (χ1) is 14.5. The predicted octanol–water partition coefficient (Wildman–Crippen LogP) is 2.49. The van der Waals surface area contributed by atoms with Gasteiger partial charge in [0.15, 0.2) is 11.5 Å². The van der Waals surface area contributed by atoms with Crippen molar-refractivity contribution in [1.29, 1.82) is 5.26 Å². The molecule has 1 aromatic heterocycles. The second-order valence-electron chi connectivity index (χ2n) is 6.16. The number of benzene rings is 2. The molecule has 30 heavy (non-hydrogen) atoms. The summed E-state index contributed by atoms with van der Waals surface area (Å²) < 4.78 is 11.4. The van der Waals surface area contributed by atoms with Crippen molar-refractivity contribution < 1.29 is 14.6 Å². The summed E-state index contributed by atoms with van der Waals surface area (Å²) in [4.78, 5) is 17.1. The Balaban J connectivity index is 1.96. The van der Waals surface area contributed by atoms with Crippen molar-refractivity contribution in [2.24, 2.45) is 12.1 Å². The maximum absolute atomic E-state index is 12.6. The van der Waals surface area contributed by atoms with Crippen molar-refractivity contribution in [3.63, 3.8) is 0 Å². The van der Waals surface area contributed by atoms with Crippen molar-refractivity contribution in [1.82, 2.24) is 9.55 Å². The van der Waals surface area contributed by atoms with Crippen LogP contribution in [-0.2, 0) is 7.05 Å². The molecule has 9 nitrogen and oxygen atoms in total. The molecule has 0 aliphatic rings. The first kappa shape index (κ1) is 20.4. The van der Waals surface area contributed by atoms with E-state index in [1.54, 1.807) is 43.5 Å². The standard InChI is InChI=1S/C21H19N5O4/c1-26-20(28)16(11-22)19(14-5-7-15(29-2)8-6-14)24-21(26)25-23-12-13-4-9-17(27)18(10-13)30-3/h4-10,12,27H,1-3H3,(H,24,25)/b23-12+. The summed E-state index contributed by atoms with van der Waals surface area (Å²) >= 11 is 0. The van der Waals surface area contributed by atoms with Crippen LogP contribution in [-0.4, -0.2) is 35.1 Å². The zero-order valence-corrected chi connectivity index (χ0v) is 16.6. The molecule has 2 N–H and O–H groups in total. The zero-order valence-electron chi connectivity index (χ0n) is 16.6. The molecule has 2 aromatic carbocycles. The van der Waals surface area contributed by atoms with Gasteiger partial charge in [-0.25, -0.2) is 10.4 Å². The van der Waals surface area contributed by atoms with Crippen LogP contribution in [0.5, 0.6) is 17.2 Å². The van der Waals surface area contributed by atoms with Crippen LogP contribution in [0.4, 0.5) is 5.95 Å². The van der Waals surface area contributed by atoms with E-state index < -0.39 is 5.56 Å². The maximum Gasteiger partial charge on any atom is 0.273 e. The fourth-order valence-electron chi connectivity index (χ4n) is 2.70. The van der Waals surface area contributed by atoms with Crippen LogP contribution >= 0.6 is 0 Å². The molecule has 9 heteroatoms. The number of nitriles is 1. The number of aromatic hydroxyl groups is 1. The van der Waals surface area contributed by atoms with E-state index in [2.05, 4.69) is 15.5 Å². The monoisotopic (exact) mass is 405 g/mol. The molecule has 0 aliphatic heterocycles. The molecule has 0 unspecified atom stereocenters. The predicted molar refractivity (Wildman–Crippen MR) is 112 cm³/mol. The third kappa shape index (κ3) is 4.07. The van der Waals surface area contributed by atoms with E-state index in [1.165, 1.54) is 31.0 Å². The molecule has 1 heterocycles. The van der Waals surface area contributed by atoms with Crippen LogP contribution in [0.1, 0.15) is 11.1 Å². The van der Waals surface area contributed by atoms with Crippen molar-refractivity contribution in [3.8, 4) is 34.6 Å². The highest BCUT2D eigenvalue weighted by Crippen LogP contribution is 2.26. The quantitative estimate of drug-likeness (QED) is 0.477. The highest BCUT2D eigenvalue weighted by molar-refractivity contribution is 5.81. The summed E-state index contributed by atoms with van der Waals surface area (Å²) in [6.45, 7) is 0. The molecule has 0 aliphatic carbocycles. The Morgan fingerprint density at radius 2 is 1.93 bits per heavy atom. The highest BCUT2D eigenvalue weighted by Gasteiger charge is 2.16. The Morgan fingerprint density at radius 1 is 1.20 bits per heavy atom. The zero-order chi connectivity index (χ0) is 21.7. The Hall–Kier alpha value is -4.32. The van der Waals surface area contributed by atoms with Gasteiger partial charge in [-0.05, 0) is 48.0 Å². The Bertz CT molecular complexity index is 1190. The number of ether oxygens (including phenoxy) is 2. The number of phenols is 1. The number of hydrogen-bond donors (Lipinski definition) is 2. The normalized spacial score (nSPS) is 10.6. The average molecular weight is 405 g/mol. The van der Waals surface area contributed by atoms with Gasteiger partial charge in [-0.2, -0.15) is 10.4 Å². The van der Waals surface area contributed by atoms with Crippen molar-refractivity contribution in [2.45, 2.75) is 0 Å². The minimum Gasteiger partial charge on any atom is -0.504 e. The van der Waals surface area contributed by atoms with E-state index in [-0.39, 0.29) is 23.0 Å². The van der Waals surface area contributed by atoms with Gasteiger partial charge < -0.3 is 14.6 Å². The fourth-order valence-corrected chi connectivity index (χ4v) is 2.70. The maximum atomic E-state index is 12.6. The summed E-state index contributed by atoms with van der Waals surface area (Å²) in [5.41, 5.74) is 3.65. The molecular weight excluding hydrogens is 386 g/mol. The first-order valence-electron chi connectivity index (χ1n) is 8.80. The molecule has 3 aromatic rings. The third-order valence-corrected chi connectivity index (χ3v) is 4.35. The second-order valence-corrected chi connectivity index (χ2v) is 6.16. The van der Waals surface area contributed by atoms with Gasteiger partial charge in [-0.3, -0.25) is 9.36 Å². The Morgan fingerprint density at radius 3 is 2.57 bits per heavy atom. The fraction of sp³-hybridized carbons (Fsp3) is 0.143. The smallest absolute Gasteiger partial charge is 0.273 e. The lowest BCUT2D eigenvalue weighted by Crippen LogP contribution is -2.24. The topological polar surface area (TPSA) is 122 Å². The summed E-state index contributed by atoms with van der Waals surface area (Å²) in [6.07, 6.45) is 1.49. The van der Waals surface area contributed by atoms with E-state index in [9.17, 15) is 15.2 Å². The van der Waals surface area contributed by atoms with E-state index in [1.807, 2.05) is 6.07 Å². The number of rotatable bonds is 6. The van der Waals surface area contributed by atoms with Gasteiger partial charge >= 0.3 is 0 Å². The third-order valence-electron chi connectivity index (χ3n) is 4.35. The van der Waals surface area contributed by atoms with Gasteiger partial charge in [0.05, 0.1) is 26.1 Å². The average Bonchev–Trinajstić information content (AvgIpc) is 2.77. The minimum atomic E-state index is -0.498. The molecule has 152 valence electrons. The van der Waals surface area contributed by atoms with Crippen LogP contribution in [0.3, 0.4) is 0 Å². The molecule has 0 radical (unpaired) electrons.